The van der Waals surface area contributed by atoms with Crippen molar-refractivity contribution in [3.05, 3.63) is 78.1 Å². The first-order chi connectivity index (χ1) is 16.0. The number of carbonyl (C=O) groups is 1. The monoisotopic (exact) mass is 445 g/mol. The smallest absolute Gasteiger partial charge is 0.255 e. The highest BCUT2D eigenvalue weighted by molar-refractivity contribution is 6.04. The van der Waals surface area contributed by atoms with Gasteiger partial charge in [0.2, 0.25) is 5.88 Å². The maximum Gasteiger partial charge on any atom is 0.255 e. The molecule has 0 spiro atoms. The van der Waals surface area contributed by atoms with Gasteiger partial charge in [-0.05, 0) is 56.3 Å². The number of anilines is 1. The van der Waals surface area contributed by atoms with Crippen LogP contribution in [0.3, 0.4) is 0 Å². The molecule has 168 valence electrons. The van der Waals surface area contributed by atoms with E-state index < -0.39 is 0 Å². The lowest BCUT2D eigenvalue weighted by Crippen LogP contribution is -2.12. The van der Waals surface area contributed by atoms with Crippen molar-refractivity contribution < 1.29 is 19.0 Å². The van der Waals surface area contributed by atoms with Gasteiger partial charge in [0.1, 0.15) is 23.2 Å². The molecule has 2 aromatic carbocycles. The Labute approximate surface area is 191 Å². The van der Waals surface area contributed by atoms with Crippen LogP contribution in [0.2, 0.25) is 0 Å². The maximum atomic E-state index is 12.6. The minimum atomic E-state index is -0.267. The Bertz CT molecular complexity index is 1280. The minimum Gasteiger partial charge on any atom is -0.493 e. The number of imidazole rings is 1. The van der Waals surface area contributed by atoms with Crippen molar-refractivity contribution in [2.45, 2.75) is 13.8 Å². The fraction of sp³-hybridized carbons (Fsp3) is 0.167. The molecule has 2 heterocycles. The summed E-state index contributed by atoms with van der Waals surface area (Å²) >= 11 is 0. The highest BCUT2D eigenvalue weighted by Gasteiger charge is 2.12. The molecule has 0 fully saturated rings. The highest BCUT2D eigenvalue weighted by Crippen LogP contribution is 2.28. The second-order valence-corrected chi connectivity index (χ2v) is 7.11. The van der Waals surface area contributed by atoms with Gasteiger partial charge in [-0.2, -0.15) is 4.98 Å². The molecule has 0 saturated carbocycles. The molecule has 1 N–H and O–H groups in total. The summed E-state index contributed by atoms with van der Waals surface area (Å²) in [5.74, 6) is 3.82. The average Bonchev–Trinajstić information content (AvgIpc) is 3.25. The Hall–Kier alpha value is -4.40. The van der Waals surface area contributed by atoms with Crippen molar-refractivity contribution >= 4 is 11.6 Å². The Balaban J connectivity index is 1.46. The van der Waals surface area contributed by atoms with Crippen molar-refractivity contribution in [1.82, 2.24) is 19.5 Å². The van der Waals surface area contributed by atoms with Gasteiger partial charge in [-0.1, -0.05) is 0 Å². The van der Waals surface area contributed by atoms with Crippen LogP contribution in [0, 0.1) is 13.8 Å². The second kappa shape index (κ2) is 9.39. The van der Waals surface area contributed by atoms with E-state index in [1.54, 1.807) is 68.8 Å². The predicted molar refractivity (Wildman–Crippen MR) is 123 cm³/mol. The summed E-state index contributed by atoms with van der Waals surface area (Å²) in [5.41, 5.74) is 1.07. The lowest BCUT2D eigenvalue weighted by molar-refractivity contribution is 0.102. The zero-order valence-electron chi connectivity index (χ0n) is 18.7. The standard InChI is InChI=1S/C24H23N5O4/c1-15-26-22(29-12-11-25-16(29)2)14-23(27-15)33-19-8-6-18(7-9-19)28-24(30)17-5-10-20(31-3)21(13-17)32-4/h5-14H,1-4H3,(H,28,30). The molecule has 0 aliphatic heterocycles. The summed E-state index contributed by atoms with van der Waals surface area (Å²) in [7, 11) is 3.07. The summed E-state index contributed by atoms with van der Waals surface area (Å²) in [6.45, 7) is 3.70. The summed E-state index contributed by atoms with van der Waals surface area (Å²) in [6, 6.07) is 13.7. The topological polar surface area (TPSA) is 100 Å². The van der Waals surface area contributed by atoms with E-state index in [1.165, 1.54) is 7.11 Å². The normalized spacial score (nSPS) is 10.5. The molecule has 0 bridgehead atoms. The van der Waals surface area contributed by atoms with Crippen LogP contribution in [0.25, 0.3) is 5.82 Å². The lowest BCUT2D eigenvalue weighted by atomic mass is 10.2. The van der Waals surface area contributed by atoms with Gasteiger partial charge in [-0.3, -0.25) is 9.36 Å². The highest BCUT2D eigenvalue weighted by atomic mass is 16.5. The third-order valence-electron chi connectivity index (χ3n) is 4.85. The zero-order valence-corrected chi connectivity index (χ0v) is 18.7. The Morgan fingerprint density at radius 2 is 1.70 bits per heavy atom. The Kier molecular flexibility index (Phi) is 6.21. The van der Waals surface area contributed by atoms with Gasteiger partial charge in [-0.15, -0.1) is 0 Å². The Morgan fingerprint density at radius 3 is 2.36 bits per heavy atom. The van der Waals surface area contributed by atoms with E-state index in [0.717, 1.165) is 5.82 Å². The number of aryl methyl sites for hydroxylation is 2. The number of nitrogens with zero attached hydrogens (tertiary/aromatic N) is 4. The quantitative estimate of drug-likeness (QED) is 0.452. The molecule has 0 aliphatic rings. The number of methoxy groups -OCH3 is 2. The van der Waals surface area contributed by atoms with Crippen LogP contribution < -0.4 is 19.5 Å². The van der Waals surface area contributed by atoms with Gasteiger partial charge >= 0.3 is 0 Å². The van der Waals surface area contributed by atoms with Crippen LogP contribution >= 0.6 is 0 Å². The molecular formula is C24H23N5O4. The van der Waals surface area contributed by atoms with Crippen molar-refractivity contribution in [2.75, 3.05) is 19.5 Å². The number of benzene rings is 2. The fourth-order valence-electron chi connectivity index (χ4n) is 3.23. The van der Waals surface area contributed by atoms with Gasteiger partial charge in [-0.25, -0.2) is 9.97 Å². The second-order valence-electron chi connectivity index (χ2n) is 7.11. The molecule has 0 saturated heterocycles. The summed E-state index contributed by atoms with van der Waals surface area (Å²) in [4.78, 5) is 25.6. The van der Waals surface area contributed by atoms with Crippen molar-refractivity contribution in [1.29, 1.82) is 0 Å². The molecule has 9 nitrogen and oxygen atoms in total. The van der Waals surface area contributed by atoms with Crippen LogP contribution in [0.1, 0.15) is 22.0 Å². The minimum absolute atomic E-state index is 0.267. The summed E-state index contributed by atoms with van der Waals surface area (Å²) in [5, 5.41) is 2.85. The number of carbonyl (C=O) groups excluding carboxylic acids is 1. The van der Waals surface area contributed by atoms with Crippen LogP contribution in [0.5, 0.6) is 23.1 Å². The number of ether oxygens (including phenoxy) is 3. The molecule has 0 unspecified atom stereocenters. The molecule has 9 heteroatoms. The first kappa shape index (κ1) is 21.8. The van der Waals surface area contributed by atoms with E-state index in [1.807, 2.05) is 17.7 Å². The van der Waals surface area contributed by atoms with Gasteiger partial charge in [0, 0.05) is 29.7 Å². The van der Waals surface area contributed by atoms with Crippen molar-refractivity contribution in [3.8, 4) is 28.9 Å². The van der Waals surface area contributed by atoms with E-state index in [0.29, 0.717) is 46.0 Å². The van der Waals surface area contributed by atoms with Crippen LogP contribution in [0.15, 0.2) is 60.9 Å². The first-order valence-electron chi connectivity index (χ1n) is 10.1. The molecule has 0 radical (unpaired) electrons. The average molecular weight is 445 g/mol. The number of hydrogen-bond donors (Lipinski definition) is 1. The molecule has 2 aromatic heterocycles. The van der Waals surface area contributed by atoms with E-state index in [9.17, 15) is 4.79 Å². The number of aromatic nitrogens is 4. The first-order valence-corrected chi connectivity index (χ1v) is 10.1. The molecule has 0 aliphatic carbocycles. The SMILES string of the molecule is COc1ccc(C(=O)Nc2ccc(Oc3cc(-n4ccnc4C)nc(C)n3)cc2)cc1OC. The van der Waals surface area contributed by atoms with Gasteiger partial charge in [0.15, 0.2) is 11.5 Å². The molecular weight excluding hydrogens is 422 g/mol. The van der Waals surface area contributed by atoms with Crippen molar-refractivity contribution in [3.63, 3.8) is 0 Å². The van der Waals surface area contributed by atoms with E-state index in [-0.39, 0.29) is 5.91 Å². The van der Waals surface area contributed by atoms with E-state index in [4.69, 9.17) is 14.2 Å². The number of amides is 1. The third kappa shape index (κ3) is 4.93. The fourth-order valence-corrected chi connectivity index (χ4v) is 3.23. The Morgan fingerprint density at radius 1 is 0.939 bits per heavy atom. The van der Waals surface area contributed by atoms with E-state index in [2.05, 4.69) is 20.3 Å². The molecule has 4 rings (SSSR count). The van der Waals surface area contributed by atoms with E-state index >= 15 is 0 Å². The zero-order chi connectivity index (χ0) is 23.4. The van der Waals surface area contributed by atoms with Crippen LogP contribution in [-0.2, 0) is 0 Å². The maximum absolute atomic E-state index is 12.6. The van der Waals surface area contributed by atoms with Crippen LogP contribution in [-0.4, -0.2) is 39.6 Å². The van der Waals surface area contributed by atoms with Crippen LogP contribution in [0.4, 0.5) is 5.69 Å². The molecule has 4 aromatic rings. The molecule has 33 heavy (non-hydrogen) atoms. The predicted octanol–water partition coefficient (Wildman–Crippen LogP) is 4.34. The van der Waals surface area contributed by atoms with Gasteiger partial charge in [0.05, 0.1) is 14.2 Å². The van der Waals surface area contributed by atoms with Gasteiger partial charge in [0.25, 0.3) is 5.91 Å². The van der Waals surface area contributed by atoms with Crippen molar-refractivity contribution in [2.24, 2.45) is 0 Å². The molecule has 1 amide bonds. The lowest BCUT2D eigenvalue weighted by Gasteiger charge is -2.11. The summed E-state index contributed by atoms with van der Waals surface area (Å²) in [6.07, 6.45) is 3.54. The number of hydrogen-bond acceptors (Lipinski definition) is 7. The largest absolute Gasteiger partial charge is 0.493 e. The summed E-state index contributed by atoms with van der Waals surface area (Å²) < 4.78 is 18.2. The van der Waals surface area contributed by atoms with Gasteiger partial charge < -0.3 is 19.5 Å². The molecule has 0 atom stereocenters. The number of rotatable bonds is 7. The third-order valence-corrected chi connectivity index (χ3v) is 4.85. The number of nitrogens with one attached hydrogen (secondary N) is 1.